The minimum atomic E-state index is -0.809. The van der Waals surface area contributed by atoms with Crippen molar-refractivity contribution in [1.29, 1.82) is 0 Å². The van der Waals surface area contributed by atoms with Gasteiger partial charge in [0.05, 0.1) is 17.3 Å². The van der Waals surface area contributed by atoms with E-state index in [4.69, 9.17) is 0 Å². The molecule has 4 rings (SSSR count). The van der Waals surface area contributed by atoms with Gasteiger partial charge in [0.1, 0.15) is 5.75 Å². The van der Waals surface area contributed by atoms with E-state index in [0.29, 0.717) is 47.5 Å². The van der Waals surface area contributed by atoms with Crippen LogP contribution < -0.4 is 10.3 Å². The topological polar surface area (TPSA) is 123 Å². The fourth-order valence-electron chi connectivity index (χ4n) is 5.68. The summed E-state index contributed by atoms with van der Waals surface area (Å²) in [6.07, 6.45) is 2.66. The van der Waals surface area contributed by atoms with E-state index in [-0.39, 0.29) is 23.3 Å². The van der Waals surface area contributed by atoms with E-state index in [9.17, 15) is 24.6 Å². The molecule has 9 nitrogen and oxygen atoms in total. The Kier molecular flexibility index (Phi) is 9.28. The Bertz CT molecular complexity index is 1410. The Hall–Kier alpha value is -3.98. The maximum absolute atomic E-state index is 13.8. The number of aromatic hydroxyl groups is 1. The first kappa shape index (κ1) is 30.0. The summed E-state index contributed by atoms with van der Waals surface area (Å²) in [5.41, 5.74) is 7.44. The van der Waals surface area contributed by atoms with Gasteiger partial charge in [0.25, 0.3) is 11.8 Å². The highest BCUT2D eigenvalue weighted by atomic mass is 16.4. The fraction of sp³-hybridized carbons (Fsp3) is 0.438. The van der Waals surface area contributed by atoms with Crippen molar-refractivity contribution in [1.82, 2.24) is 4.90 Å². The molecular formula is C32H40N4O5. The highest BCUT2D eigenvalue weighted by Gasteiger charge is 2.38. The van der Waals surface area contributed by atoms with Gasteiger partial charge in [0.15, 0.2) is 5.71 Å². The molecule has 41 heavy (non-hydrogen) atoms. The maximum atomic E-state index is 13.8. The molecule has 3 N–H and O–H groups in total. The smallest absolute Gasteiger partial charge is 0.306 e. The third kappa shape index (κ3) is 6.20. The largest absolute Gasteiger partial charge is 0.505 e. The lowest BCUT2D eigenvalue weighted by atomic mass is 9.77. The van der Waals surface area contributed by atoms with Gasteiger partial charge in [0.2, 0.25) is 0 Å². The average molecular weight is 561 g/mol. The number of aliphatic carboxylic acids is 1. The van der Waals surface area contributed by atoms with E-state index in [2.05, 4.69) is 15.4 Å². The molecule has 1 saturated carbocycles. The molecule has 0 radical (unpaired) electrons. The molecule has 0 spiro atoms. The van der Waals surface area contributed by atoms with E-state index in [1.165, 1.54) is 4.90 Å². The summed E-state index contributed by atoms with van der Waals surface area (Å²) in [6, 6.07) is 10.7. The van der Waals surface area contributed by atoms with Gasteiger partial charge in [0, 0.05) is 12.1 Å². The summed E-state index contributed by atoms with van der Waals surface area (Å²) < 4.78 is 0. The lowest BCUT2D eigenvalue weighted by Gasteiger charge is -2.31. The van der Waals surface area contributed by atoms with Crippen molar-refractivity contribution in [3.63, 3.8) is 0 Å². The van der Waals surface area contributed by atoms with Crippen LogP contribution in [0.5, 0.6) is 5.75 Å². The zero-order valence-electron chi connectivity index (χ0n) is 24.5. The summed E-state index contributed by atoms with van der Waals surface area (Å²) in [5, 5.41) is 25.1. The number of anilines is 2. The molecule has 1 heterocycles. The molecule has 2 aliphatic rings. The van der Waals surface area contributed by atoms with E-state index in [1.807, 2.05) is 45.9 Å². The molecule has 1 aliphatic carbocycles. The third-order valence-electron chi connectivity index (χ3n) is 8.52. The number of phenolic OH excluding ortho intramolecular Hbond substituents is 1. The summed E-state index contributed by atoms with van der Waals surface area (Å²) in [4.78, 5) is 42.4. The Morgan fingerprint density at radius 1 is 1.05 bits per heavy atom. The number of aryl methyl sites for hydroxylation is 2. The lowest BCUT2D eigenvalue weighted by Crippen LogP contribution is -2.49. The number of rotatable bonds is 9. The monoisotopic (exact) mass is 560 g/mol. The number of imide groups is 1. The molecule has 218 valence electrons. The van der Waals surface area contributed by atoms with Crippen LogP contribution in [0.4, 0.5) is 11.4 Å². The molecule has 9 heteroatoms. The number of likely N-dealkylation sites (N-methyl/N-ethyl adjacent to an activating group) is 1. The fourth-order valence-corrected chi connectivity index (χ4v) is 5.68. The molecule has 2 atom stereocenters. The molecule has 0 aromatic heterocycles. The Morgan fingerprint density at radius 2 is 1.78 bits per heavy atom. The molecule has 0 bridgehead atoms. The number of carboxylic acids is 1. The van der Waals surface area contributed by atoms with Crippen LogP contribution in [0.25, 0.3) is 0 Å². The van der Waals surface area contributed by atoms with Crippen molar-refractivity contribution < 1.29 is 24.6 Å². The molecule has 2 unspecified atom stereocenters. The van der Waals surface area contributed by atoms with Crippen molar-refractivity contribution in [3.05, 3.63) is 64.2 Å². The van der Waals surface area contributed by atoms with Gasteiger partial charge >= 0.3 is 5.97 Å². The van der Waals surface area contributed by atoms with Gasteiger partial charge < -0.3 is 10.2 Å². The predicted molar refractivity (Wildman–Crippen MR) is 160 cm³/mol. The van der Waals surface area contributed by atoms with Crippen LogP contribution in [0.1, 0.15) is 69.1 Å². The standard InChI is InChI=1S/C32H40N4O5/c1-6-35(7-2)18-26-21(5)28(31(39)36(30(26)38)24-15-14-19(3)20(4)16-24)34-33-27-13-9-12-25(29(27)37)22-10-8-11-23(17-22)32(40)41/h9,12-16,22-23,33,37H,6-8,10-11,17-18H2,1-5H3,(H,40,41). The van der Waals surface area contributed by atoms with Gasteiger partial charge in [-0.3, -0.25) is 24.7 Å². The first-order chi connectivity index (χ1) is 19.6. The zero-order valence-corrected chi connectivity index (χ0v) is 24.5. The van der Waals surface area contributed by atoms with Crippen molar-refractivity contribution in [3.8, 4) is 5.75 Å². The Morgan fingerprint density at radius 3 is 2.44 bits per heavy atom. The number of carboxylic acid groups (broad SMARTS) is 1. The van der Waals surface area contributed by atoms with Crippen molar-refractivity contribution in [2.75, 3.05) is 30.0 Å². The number of nitrogens with zero attached hydrogens (tertiary/aromatic N) is 3. The van der Waals surface area contributed by atoms with Crippen LogP contribution in [0.2, 0.25) is 0 Å². The van der Waals surface area contributed by atoms with E-state index in [0.717, 1.165) is 37.1 Å². The number of hydrogen-bond acceptors (Lipinski definition) is 7. The number of nitrogens with one attached hydrogen (secondary N) is 1. The molecule has 0 saturated heterocycles. The first-order valence-electron chi connectivity index (χ1n) is 14.3. The molecule has 1 aliphatic heterocycles. The molecule has 1 fully saturated rings. The van der Waals surface area contributed by atoms with Gasteiger partial charge in [-0.1, -0.05) is 38.5 Å². The van der Waals surface area contributed by atoms with Crippen LogP contribution in [0.3, 0.4) is 0 Å². The molecule has 2 amide bonds. The second-order valence-electron chi connectivity index (χ2n) is 11.0. The minimum absolute atomic E-state index is 0.0109. The first-order valence-corrected chi connectivity index (χ1v) is 14.3. The van der Waals surface area contributed by atoms with Gasteiger partial charge in [-0.05, 0) is 99.5 Å². The number of para-hydroxylation sites is 1. The number of amides is 2. The van der Waals surface area contributed by atoms with Crippen molar-refractivity contribution in [2.24, 2.45) is 11.0 Å². The van der Waals surface area contributed by atoms with Gasteiger partial charge in [-0.15, -0.1) is 0 Å². The summed E-state index contributed by atoms with van der Waals surface area (Å²) >= 11 is 0. The summed E-state index contributed by atoms with van der Waals surface area (Å²) in [5.74, 6) is -2.25. The van der Waals surface area contributed by atoms with E-state index < -0.39 is 17.8 Å². The van der Waals surface area contributed by atoms with Crippen LogP contribution in [0.15, 0.2) is 52.6 Å². The summed E-state index contributed by atoms with van der Waals surface area (Å²) in [6.45, 7) is 11.6. The number of benzene rings is 2. The quantitative estimate of drug-likeness (QED) is 0.214. The van der Waals surface area contributed by atoms with Crippen molar-refractivity contribution in [2.45, 2.75) is 66.2 Å². The molecule has 2 aromatic rings. The minimum Gasteiger partial charge on any atom is -0.505 e. The third-order valence-corrected chi connectivity index (χ3v) is 8.52. The Labute approximate surface area is 241 Å². The van der Waals surface area contributed by atoms with Crippen LogP contribution in [-0.4, -0.2) is 58.2 Å². The number of hydrazone groups is 1. The van der Waals surface area contributed by atoms with E-state index >= 15 is 0 Å². The highest BCUT2D eigenvalue weighted by molar-refractivity contribution is 6.57. The lowest BCUT2D eigenvalue weighted by molar-refractivity contribution is -0.143. The normalized spacial score (nSPS) is 20.7. The van der Waals surface area contributed by atoms with E-state index in [1.54, 1.807) is 25.1 Å². The summed E-state index contributed by atoms with van der Waals surface area (Å²) in [7, 11) is 0. The Balaban J connectivity index is 1.72. The van der Waals surface area contributed by atoms with Gasteiger partial charge in [-0.25, -0.2) is 4.90 Å². The number of carbonyl (C=O) groups excluding carboxylic acids is 2. The number of hydrogen-bond donors (Lipinski definition) is 3. The predicted octanol–water partition coefficient (Wildman–Crippen LogP) is 5.37. The second kappa shape index (κ2) is 12.7. The zero-order chi connectivity index (χ0) is 29.8. The molecular weight excluding hydrogens is 520 g/mol. The van der Waals surface area contributed by atoms with Crippen molar-refractivity contribution >= 4 is 34.9 Å². The highest BCUT2D eigenvalue weighted by Crippen LogP contribution is 2.42. The maximum Gasteiger partial charge on any atom is 0.306 e. The van der Waals surface area contributed by atoms with Gasteiger partial charge in [-0.2, -0.15) is 5.10 Å². The second-order valence-corrected chi connectivity index (χ2v) is 11.0. The van der Waals surface area contributed by atoms with Crippen LogP contribution in [0, 0.1) is 19.8 Å². The van der Waals surface area contributed by atoms with Crippen LogP contribution >= 0.6 is 0 Å². The molecule has 2 aromatic carbocycles. The average Bonchev–Trinajstić information content (AvgIpc) is 2.96. The SMILES string of the molecule is CCN(CC)CC1=C(C)C(=NNc2cccc(C3CCCC(C(=O)O)C3)c2O)C(=O)N(c2ccc(C)c(C)c2)C1=O. The number of carbonyl (C=O) groups is 3. The van der Waals surface area contributed by atoms with Crippen LogP contribution in [-0.2, 0) is 14.4 Å². The number of phenols is 1.